The van der Waals surface area contributed by atoms with Gasteiger partial charge in [0.15, 0.2) is 6.61 Å². The van der Waals surface area contributed by atoms with E-state index in [2.05, 4.69) is 5.32 Å². The first-order chi connectivity index (χ1) is 16.6. The number of nitrogens with zero attached hydrogens (tertiary/aromatic N) is 2. The Labute approximate surface area is 203 Å². The molecule has 0 aliphatic carbocycles. The summed E-state index contributed by atoms with van der Waals surface area (Å²) in [5.74, 6) is -2.19. The number of carbonyl (C=O) groups excluding carboxylic acids is 5. The van der Waals surface area contributed by atoms with E-state index in [1.807, 2.05) is 11.5 Å². The molecule has 0 spiro atoms. The third-order valence-electron chi connectivity index (χ3n) is 6.38. The number of urea groups is 1. The number of Topliss-reactive ketones (excluding diaryl/α,β-unsaturated/α-hetero) is 1. The third-order valence-corrected chi connectivity index (χ3v) is 6.38. The van der Waals surface area contributed by atoms with Crippen molar-refractivity contribution in [3.63, 3.8) is 0 Å². The predicted molar refractivity (Wildman–Crippen MR) is 125 cm³/mol. The van der Waals surface area contributed by atoms with Crippen molar-refractivity contribution in [2.45, 2.75) is 46.1 Å². The Morgan fingerprint density at radius 3 is 2.20 bits per heavy atom. The van der Waals surface area contributed by atoms with Crippen LogP contribution in [0.2, 0.25) is 0 Å². The van der Waals surface area contributed by atoms with E-state index in [-0.39, 0.29) is 0 Å². The van der Waals surface area contributed by atoms with Gasteiger partial charge in [-0.05, 0) is 57.0 Å². The van der Waals surface area contributed by atoms with Crippen molar-refractivity contribution in [1.82, 2.24) is 14.8 Å². The normalized spacial score (nSPS) is 14.6. The molecule has 35 heavy (non-hydrogen) atoms. The summed E-state index contributed by atoms with van der Waals surface area (Å²) in [7, 11) is 1.31. The minimum Gasteiger partial charge on any atom is -0.465 e. The fraction of sp³-hybridized carbons (Fsp3) is 0.400. The molecule has 1 fully saturated rings. The maximum Gasteiger partial charge on any atom is 0.337 e. The van der Waals surface area contributed by atoms with E-state index in [9.17, 15) is 24.0 Å². The molecule has 1 saturated heterocycles. The molecule has 0 saturated carbocycles. The summed E-state index contributed by atoms with van der Waals surface area (Å²) in [5, 5.41) is 2.64. The number of amides is 3. The van der Waals surface area contributed by atoms with Crippen LogP contribution in [0.5, 0.6) is 0 Å². The fourth-order valence-corrected chi connectivity index (χ4v) is 4.25. The van der Waals surface area contributed by atoms with E-state index in [0.29, 0.717) is 29.7 Å². The Hall–Kier alpha value is -3.95. The van der Waals surface area contributed by atoms with Gasteiger partial charge in [-0.25, -0.2) is 9.59 Å². The van der Waals surface area contributed by atoms with Crippen LogP contribution in [0.3, 0.4) is 0 Å². The second kappa shape index (κ2) is 10.1. The topological polar surface area (TPSA) is 124 Å². The van der Waals surface area contributed by atoms with E-state index >= 15 is 0 Å². The van der Waals surface area contributed by atoms with Gasteiger partial charge in [0.05, 0.1) is 12.7 Å². The van der Waals surface area contributed by atoms with Gasteiger partial charge in [-0.2, -0.15) is 0 Å². The van der Waals surface area contributed by atoms with Crippen LogP contribution in [0.25, 0.3) is 5.69 Å². The summed E-state index contributed by atoms with van der Waals surface area (Å²) < 4.78 is 11.6. The van der Waals surface area contributed by atoms with Crippen molar-refractivity contribution in [3.8, 4) is 5.69 Å². The Balaban J connectivity index is 1.67. The zero-order valence-electron chi connectivity index (χ0n) is 20.5. The number of methoxy groups -OCH3 is 1. The number of esters is 2. The molecular formula is C25H29N3O7. The maximum atomic E-state index is 12.8. The summed E-state index contributed by atoms with van der Waals surface area (Å²) >= 11 is 0. The van der Waals surface area contributed by atoms with Gasteiger partial charge < -0.3 is 19.4 Å². The average molecular weight is 484 g/mol. The van der Waals surface area contributed by atoms with E-state index in [1.165, 1.54) is 7.11 Å². The van der Waals surface area contributed by atoms with Crippen LogP contribution >= 0.6 is 0 Å². The van der Waals surface area contributed by atoms with Crippen molar-refractivity contribution in [3.05, 3.63) is 52.8 Å². The quantitative estimate of drug-likeness (QED) is 0.330. The molecule has 10 heteroatoms. The Morgan fingerprint density at radius 2 is 1.66 bits per heavy atom. The highest BCUT2D eigenvalue weighted by atomic mass is 16.5. The molecule has 2 aromatic rings. The zero-order chi connectivity index (χ0) is 25.9. The molecule has 0 atom stereocenters. The monoisotopic (exact) mass is 483 g/mol. The summed E-state index contributed by atoms with van der Waals surface area (Å²) in [6.07, 6.45) is 0.804. The highest BCUT2D eigenvalue weighted by Gasteiger charge is 2.49. The SMILES string of the molecule is CCC1(CC)NC(=O)N(CC(=O)OCC(=O)c2cc(C)n(-c3ccc(C(=O)OC)cc3)c2C)C1=O. The van der Waals surface area contributed by atoms with Crippen molar-refractivity contribution >= 4 is 29.7 Å². The first kappa shape index (κ1) is 25.7. The van der Waals surface area contributed by atoms with Crippen LogP contribution in [0.15, 0.2) is 30.3 Å². The predicted octanol–water partition coefficient (Wildman–Crippen LogP) is 2.72. The van der Waals surface area contributed by atoms with Crippen LogP contribution in [0, 0.1) is 13.8 Å². The molecule has 10 nitrogen and oxygen atoms in total. The van der Waals surface area contributed by atoms with Gasteiger partial charge in [0.25, 0.3) is 5.91 Å². The average Bonchev–Trinajstić information content (AvgIpc) is 3.29. The number of rotatable bonds is 9. The molecule has 1 aromatic heterocycles. The Kier molecular flexibility index (Phi) is 7.42. The standard InChI is InChI=1S/C25H29N3O7/c1-6-25(7-2)23(32)27(24(33)26-25)13-21(30)35-14-20(29)19-12-15(3)28(16(19)4)18-10-8-17(9-11-18)22(31)34-5/h8-12H,6-7,13-14H2,1-5H3,(H,26,33). The number of aromatic nitrogens is 1. The molecular weight excluding hydrogens is 454 g/mol. The second-order valence-electron chi connectivity index (χ2n) is 8.35. The van der Waals surface area contributed by atoms with E-state index < -0.39 is 48.4 Å². The Bertz CT molecular complexity index is 1180. The molecule has 3 amide bonds. The smallest absolute Gasteiger partial charge is 0.337 e. The highest BCUT2D eigenvalue weighted by molar-refractivity contribution is 6.08. The zero-order valence-corrected chi connectivity index (χ0v) is 20.5. The lowest BCUT2D eigenvalue weighted by molar-refractivity contribution is -0.146. The molecule has 2 heterocycles. The summed E-state index contributed by atoms with van der Waals surface area (Å²) in [4.78, 5) is 62.4. The minimum atomic E-state index is -1.01. The second-order valence-corrected chi connectivity index (χ2v) is 8.35. The summed E-state index contributed by atoms with van der Waals surface area (Å²) in [5.41, 5.74) is 1.93. The number of imide groups is 1. The third kappa shape index (κ3) is 4.82. The van der Waals surface area contributed by atoms with Gasteiger partial charge in [-0.1, -0.05) is 13.8 Å². The molecule has 0 unspecified atom stereocenters. The largest absolute Gasteiger partial charge is 0.465 e. The first-order valence-corrected chi connectivity index (χ1v) is 11.3. The van der Waals surface area contributed by atoms with E-state index in [0.717, 1.165) is 16.3 Å². The molecule has 1 aliphatic rings. The van der Waals surface area contributed by atoms with Gasteiger partial charge in [0.1, 0.15) is 12.1 Å². The van der Waals surface area contributed by atoms with Gasteiger partial charge in [-0.15, -0.1) is 0 Å². The highest BCUT2D eigenvalue weighted by Crippen LogP contribution is 2.25. The van der Waals surface area contributed by atoms with Crippen LogP contribution in [-0.2, 0) is 19.1 Å². The number of hydrogen-bond donors (Lipinski definition) is 1. The molecule has 3 rings (SSSR count). The number of aryl methyl sites for hydroxylation is 1. The van der Waals surface area contributed by atoms with Gasteiger partial charge >= 0.3 is 18.0 Å². The van der Waals surface area contributed by atoms with Crippen LogP contribution in [0.4, 0.5) is 4.79 Å². The van der Waals surface area contributed by atoms with Crippen molar-refractivity contribution in [2.75, 3.05) is 20.3 Å². The number of benzene rings is 1. The summed E-state index contributed by atoms with van der Waals surface area (Å²) in [6, 6.07) is 7.78. The van der Waals surface area contributed by atoms with Crippen LogP contribution < -0.4 is 5.32 Å². The molecule has 1 aromatic carbocycles. The molecule has 1 aliphatic heterocycles. The van der Waals surface area contributed by atoms with Gasteiger partial charge in [0.2, 0.25) is 5.78 Å². The lowest BCUT2D eigenvalue weighted by Crippen LogP contribution is -2.46. The van der Waals surface area contributed by atoms with Crippen molar-refractivity contribution < 1.29 is 33.4 Å². The van der Waals surface area contributed by atoms with Crippen molar-refractivity contribution in [1.29, 1.82) is 0 Å². The minimum absolute atomic E-state index is 0.373. The molecule has 0 radical (unpaired) electrons. The number of ketones is 1. The van der Waals surface area contributed by atoms with Crippen LogP contribution in [-0.4, -0.2) is 64.9 Å². The van der Waals surface area contributed by atoms with Gasteiger partial charge in [0, 0.05) is 22.6 Å². The Morgan fingerprint density at radius 1 is 1.03 bits per heavy atom. The number of carbonyl (C=O) groups is 5. The molecule has 186 valence electrons. The lowest BCUT2D eigenvalue weighted by Gasteiger charge is -2.22. The fourth-order valence-electron chi connectivity index (χ4n) is 4.25. The molecule has 0 bridgehead atoms. The van der Waals surface area contributed by atoms with E-state index in [4.69, 9.17) is 9.47 Å². The van der Waals surface area contributed by atoms with Gasteiger partial charge in [-0.3, -0.25) is 19.3 Å². The first-order valence-electron chi connectivity index (χ1n) is 11.3. The maximum absolute atomic E-state index is 12.8. The lowest BCUT2D eigenvalue weighted by atomic mass is 9.93. The van der Waals surface area contributed by atoms with Crippen molar-refractivity contribution in [2.24, 2.45) is 0 Å². The number of ether oxygens (including phenoxy) is 2. The van der Waals surface area contributed by atoms with Crippen LogP contribution in [0.1, 0.15) is 58.8 Å². The number of hydrogen-bond acceptors (Lipinski definition) is 7. The van der Waals surface area contributed by atoms with E-state index in [1.54, 1.807) is 51.1 Å². The number of nitrogens with one attached hydrogen (secondary N) is 1. The molecule has 1 N–H and O–H groups in total. The summed E-state index contributed by atoms with van der Waals surface area (Å²) in [6.45, 7) is 6.07.